The highest BCUT2D eigenvalue weighted by molar-refractivity contribution is 5.90. The molecule has 5 nitrogen and oxygen atoms in total. The largest absolute Gasteiger partial charge is 0.508 e. The molecule has 0 aliphatic carbocycles. The van der Waals surface area contributed by atoms with E-state index in [1.54, 1.807) is 23.3 Å². The minimum atomic E-state index is -0.661. The molecule has 2 N–H and O–H groups in total. The molecule has 1 aromatic heterocycles. The molecular weight excluding hydrogens is 237 g/mol. The monoisotopic (exact) mass is 249 g/mol. The molecule has 0 aliphatic rings. The van der Waals surface area contributed by atoms with E-state index >= 15 is 0 Å². The second-order valence-electron chi connectivity index (χ2n) is 3.76. The number of anilines is 1. The summed E-state index contributed by atoms with van der Waals surface area (Å²) in [5, 5.41) is 11.5. The van der Waals surface area contributed by atoms with Gasteiger partial charge in [-0.05, 0) is 12.1 Å². The SMILES string of the molecule is O=C(CCn1ccnc1)Nc1ccc(O)cc1F. The molecule has 0 spiro atoms. The second kappa shape index (κ2) is 5.31. The fourth-order valence-electron chi connectivity index (χ4n) is 1.47. The van der Waals surface area contributed by atoms with Gasteiger partial charge in [0.1, 0.15) is 11.6 Å². The first-order valence-corrected chi connectivity index (χ1v) is 5.39. The quantitative estimate of drug-likeness (QED) is 0.811. The van der Waals surface area contributed by atoms with Gasteiger partial charge in [0.05, 0.1) is 12.0 Å². The predicted molar refractivity (Wildman–Crippen MR) is 63.5 cm³/mol. The number of rotatable bonds is 4. The van der Waals surface area contributed by atoms with Crippen molar-refractivity contribution in [2.75, 3.05) is 5.32 Å². The Morgan fingerprint density at radius 1 is 1.50 bits per heavy atom. The number of halogens is 1. The van der Waals surface area contributed by atoms with Gasteiger partial charge in [0, 0.05) is 31.4 Å². The molecule has 6 heteroatoms. The lowest BCUT2D eigenvalue weighted by Crippen LogP contribution is -2.14. The minimum absolute atomic E-state index is 0.0587. The maximum Gasteiger partial charge on any atom is 0.226 e. The van der Waals surface area contributed by atoms with Crippen LogP contribution in [0.15, 0.2) is 36.9 Å². The van der Waals surface area contributed by atoms with Crippen LogP contribution in [0.3, 0.4) is 0 Å². The first kappa shape index (κ1) is 12.1. The highest BCUT2D eigenvalue weighted by Crippen LogP contribution is 2.19. The molecular formula is C12H12FN3O2. The van der Waals surface area contributed by atoms with Gasteiger partial charge in [0.2, 0.25) is 5.91 Å². The number of nitrogens with zero attached hydrogens (tertiary/aromatic N) is 2. The van der Waals surface area contributed by atoms with E-state index in [0.29, 0.717) is 6.54 Å². The average Bonchev–Trinajstić information content (AvgIpc) is 2.83. The van der Waals surface area contributed by atoms with Crippen molar-refractivity contribution >= 4 is 11.6 Å². The molecule has 2 aromatic rings. The summed E-state index contributed by atoms with van der Waals surface area (Å²) in [6, 6.07) is 3.58. The van der Waals surface area contributed by atoms with E-state index < -0.39 is 5.82 Å². The van der Waals surface area contributed by atoms with Crippen molar-refractivity contribution in [1.82, 2.24) is 9.55 Å². The number of hydrogen-bond acceptors (Lipinski definition) is 3. The number of amides is 1. The lowest BCUT2D eigenvalue weighted by atomic mass is 10.2. The first-order valence-electron chi connectivity index (χ1n) is 5.39. The van der Waals surface area contributed by atoms with Gasteiger partial charge in [-0.15, -0.1) is 0 Å². The van der Waals surface area contributed by atoms with Crippen molar-refractivity contribution in [2.24, 2.45) is 0 Å². The van der Waals surface area contributed by atoms with Crippen LogP contribution in [-0.2, 0) is 11.3 Å². The summed E-state index contributed by atoms with van der Waals surface area (Å²) in [5.74, 6) is -1.14. The second-order valence-corrected chi connectivity index (χ2v) is 3.76. The van der Waals surface area contributed by atoms with E-state index in [9.17, 15) is 9.18 Å². The third kappa shape index (κ3) is 3.07. The number of phenolic OH excluding ortho intramolecular Hbond substituents is 1. The number of aromatic hydroxyl groups is 1. The van der Waals surface area contributed by atoms with Crippen molar-refractivity contribution in [3.05, 3.63) is 42.7 Å². The highest BCUT2D eigenvalue weighted by Gasteiger charge is 2.07. The molecule has 94 valence electrons. The van der Waals surface area contributed by atoms with Crippen LogP contribution >= 0.6 is 0 Å². The fraction of sp³-hybridized carbons (Fsp3) is 0.167. The summed E-state index contributed by atoms with van der Waals surface area (Å²) >= 11 is 0. The van der Waals surface area contributed by atoms with Crippen molar-refractivity contribution in [2.45, 2.75) is 13.0 Å². The van der Waals surface area contributed by atoms with Gasteiger partial charge in [0.15, 0.2) is 0 Å². The van der Waals surface area contributed by atoms with E-state index in [0.717, 1.165) is 6.07 Å². The van der Waals surface area contributed by atoms with Gasteiger partial charge in [-0.1, -0.05) is 0 Å². The number of benzene rings is 1. The van der Waals surface area contributed by atoms with Crippen molar-refractivity contribution < 1.29 is 14.3 Å². The fourth-order valence-corrected chi connectivity index (χ4v) is 1.47. The number of hydrogen-bond donors (Lipinski definition) is 2. The summed E-state index contributed by atoms with van der Waals surface area (Å²) in [7, 11) is 0. The topological polar surface area (TPSA) is 67.2 Å². The maximum absolute atomic E-state index is 13.3. The van der Waals surface area contributed by atoms with E-state index in [4.69, 9.17) is 5.11 Å². The number of nitrogens with one attached hydrogen (secondary N) is 1. The third-order valence-corrected chi connectivity index (χ3v) is 2.38. The zero-order chi connectivity index (χ0) is 13.0. The molecule has 0 bridgehead atoms. The Morgan fingerprint density at radius 2 is 2.33 bits per heavy atom. The zero-order valence-corrected chi connectivity index (χ0v) is 9.51. The molecule has 0 radical (unpaired) electrons. The molecule has 0 unspecified atom stereocenters. The van der Waals surface area contributed by atoms with Crippen LogP contribution in [0, 0.1) is 5.82 Å². The maximum atomic E-state index is 13.3. The number of imidazole rings is 1. The highest BCUT2D eigenvalue weighted by atomic mass is 19.1. The van der Waals surface area contributed by atoms with Crippen LogP contribution in [0.1, 0.15) is 6.42 Å². The van der Waals surface area contributed by atoms with Crippen molar-refractivity contribution in [1.29, 1.82) is 0 Å². The molecule has 0 fully saturated rings. The number of carbonyl (C=O) groups is 1. The van der Waals surface area contributed by atoms with Crippen LogP contribution in [0.2, 0.25) is 0 Å². The molecule has 0 atom stereocenters. The lowest BCUT2D eigenvalue weighted by Gasteiger charge is -2.07. The van der Waals surface area contributed by atoms with E-state index in [-0.39, 0.29) is 23.8 Å². The van der Waals surface area contributed by atoms with E-state index in [1.165, 1.54) is 12.1 Å². The summed E-state index contributed by atoms with van der Waals surface area (Å²) in [5.41, 5.74) is 0.0587. The molecule has 18 heavy (non-hydrogen) atoms. The molecule has 0 saturated heterocycles. The Morgan fingerprint density at radius 3 is 3.00 bits per heavy atom. The van der Waals surface area contributed by atoms with Gasteiger partial charge < -0.3 is 15.0 Å². The lowest BCUT2D eigenvalue weighted by molar-refractivity contribution is -0.116. The molecule has 0 aliphatic heterocycles. The van der Waals surface area contributed by atoms with Crippen LogP contribution in [-0.4, -0.2) is 20.6 Å². The van der Waals surface area contributed by atoms with Crippen molar-refractivity contribution in [3.63, 3.8) is 0 Å². The Bertz CT molecular complexity index is 540. The summed E-state index contributed by atoms with van der Waals surface area (Å²) in [6.07, 6.45) is 5.19. The van der Waals surface area contributed by atoms with E-state index in [1.807, 2.05) is 0 Å². The summed E-state index contributed by atoms with van der Waals surface area (Å²) < 4.78 is 15.1. The summed E-state index contributed by atoms with van der Waals surface area (Å²) in [6.45, 7) is 0.478. The predicted octanol–water partition coefficient (Wildman–Crippen LogP) is 1.76. The standard InChI is InChI=1S/C12H12FN3O2/c13-10-7-9(17)1-2-11(10)15-12(18)3-5-16-6-4-14-8-16/h1-2,4,6-8,17H,3,5H2,(H,15,18). The minimum Gasteiger partial charge on any atom is -0.508 e. The van der Waals surface area contributed by atoms with Gasteiger partial charge in [-0.2, -0.15) is 0 Å². The van der Waals surface area contributed by atoms with Crippen molar-refractivity contribution in [3.8, 4) is 5.75 Å². The number of carbonyl (C=O) groups excluding carboxylic acids is 1. The molecule has 1 amide bonds. The van der Waals surface area contributed by atoms with Crippen LogP contribution in [0.25, 0.3) is 0 Å². The molecule has 1 heterocycles. The molecule has 2 rings (SSSR count). The Kier molecular flexibility index (Phi) is 3.57. The number of phenols is 1. The smallest absolute Gasteiger partial charge is 0.226 e. The third-order valence-electron chi connectivity index (χ3n) is 2.38. The van der Waals surface area contributed by atoms with Gasteiger partial charge >= 0.3 is 0 Å². The molecule has 0 saturated carbocycles. The Hall–Kier alpha value is -2.37. The Labute approximate surface area is 103 Å². The van der Waals surface area contributed by atoms with E-state index in [2.05, 4.69) is 10.3 Å². The molecule has 1 aromatic carbocycles. The van der Waals surface area contributed by atoms with Crippen LogP contribution < -0.4 is 5.32 Å². The van der Waals surface area contributed by atoms with Crippen LogP contribution in [0.5, 0.6) is 5.75 Å². The van der Waals surface area contributed by atoms with Gasteiger partial charge in [-0.25, -0.2) is 9.37 Å². The summed E-state index contributed by atoms with van der Waals surface area (Å²) in [4.78, 5) is 15.4. The first-order chi connectivity index (χ1) is 8.65. The van der Waals surface area contributed by atoms with Gasteiger partial charge in [-0.3, -0.25) is 4.79 Å². The zero-order valence-electron chi connectivity index (χ0n) is 9.51. The number of aromatic nitrogens is 2. The Balaban J connectivity index is 1.91. The average molecular weight is 249 g/mol. The number of aryl methyl sites for hydroxylation is 1. The van der Waals surface area contributed by atoms with Crippen LogP contribution in [0.4, 0.5) is 10.1 Å². The van der Waals surface area contributed by atoms with Gasteiger partial charge in [0.25, 0.3) is 0 Å². The normalized spacial score (nSPS) is 10.3.